The molecule has 1 aromatic carbocycles. The van der Waals surface area contributed by atoms with Crippen molar-refractivity contribution in [2.45, 2.75) is 20.4 Å². The molecule has 6 heteroatoms. The third kappa shape index (κ3) is 5.07. The van der Waals surface area contributed by atoms with Crippen molar-refractivity contribution in [3.63, 3.8) is 0 Å². The van der Waals surface area contributed by atoms with E-state index in [1.54, 1.807) is 11.9 Å². The number of nitrogens with zero attached hydrogens (tertiary/aromatic N) is 1. The van der Waals surface area contributed by atoms with E-state index in [9.17, 15) is 4.79 Å². The summed E-state index contributed by atoms with van der Waals surface area (Å²) in [6.45, 7) is 6.12. The first-order valence-corrected chi connectivity index (χ1v) is 8.13. The Hall–Kier alpha value is -0.590. The van der Waals surface area contributed by atoms with Gasteiger partial charge in [0.2, 0.25) is 5.91 Å². The Morgan fingerprint density at radius 2 is 2.05 bits per heavy atom. The molecule has 0 aromatic heterocycles. The van der Waals surface area contributed by atoms with E-state index in [-0.39, 0.29) is 5.91 Å². The summed E-state index contributed by atoms with van der Waals surface area (Å²) < 4.78 is 7.52. The molecule has 0 radical (unpaired) electrons. The summed E-state index contributed by atoms with van der Waals surface area (Å²) in [6, 6.07) is 3.95. The molecular formula is C14H20Br2N2O2. The van der Waals surface area contributed by atoms with Gasteiger partial charge in [-0.15, -0.1) is 0 Å². The molecule has 0 saturated heterocycles. The average molecular weight is 408 g/mol. The first-order valence-electron chi connectivity index (χ1n) is 6.55. The Morgan fingerprint density at radius 1 is 1.35 bits per heavy atom. The molecule has 0 heterocycles. The van der Waals surface area contributed by atoms with Crippen molar-refractivity contribution in [1.82, 2.24) is 10.2 Å². The van der Waals surface area contributed by atoms with Crippen LogP contribution in [0.5, 0.6) is 5.75 Å². The number of amides is 1. The highest BCUT2D eigenvalue weighted by atomic mass is 79.9. The lowest BCUT2D eigenvalue weighted by atomic mass is 10.2. The average Bonchev–Trinajstić information content (AvgIpc) is 2.41. The second kappa shape index (κ2) is 8.64. The smallest absolute Gasteiger partial charge is 0.236 e. The zero-order valence-corrected chi connectivity index (χ0v) is 15.2. The number of rotatable bonds is 7. The number of carbonyl (C=O) groups excluding carboxylic acids is 1. The monoisotopic (exact) mass is 406 g/mol. The van der Waals surface area contributed by atoms with E-state index in [1.807, 2.05) is 26.0 Å². The number of hydrogen-bond acceptors (Lipinski definition) is 3. The van der Waals surface area contributed by atoms with E-state index in [2.05, 4.69) is 37.2 Å². The van der Waals surface area contributed by atoms with Crippen molar-refractivity contribution in [2.24, 2.45) is 0 Å². The van der Waals surface area contributed by atoms with Gasteiger partial charge in [-0.05, 0) is 41.9 Å². The van der Waals surface area contributed by atoms with Crippen LogP contribution in [0.15, 0.2) is 21.1 Å². The molecule has 1 rings (SSSR count). The zero-order valence-electron chi connectivity index (χ0n) is 12.0. The van der Waals surface area contributed by atoms with Gasteiger partial charge in [-0.25, -0.2) is 0 Å². The molecule has 0 aliphatic carbocycles. The Balaban J connectivity index is 2.69. The topological polar surface area (TPSA) is 41.6 Å². The summed E-state index contributed by atoms with van der Waals surface area (Å²) >= 11 is 6.96. The van der Waals surface area contributed by atoms with Gasteiger partial charge in [0.25, 0.3) is 0 Å². The van der Waals surface area contributed by atoms with Crippen LogP contribution in [-0.4, -0.2) is 37.6 Å². The van der Waals surface area contributed by atoms with Crippen LogP contribution in [0.4, 0.5) is 0 Å². The summed E-state index contributed by atoms with van der Waals surface area (Å²) in [4.78, 5) is 13.4. The lowest BCUT2D eigenvalue weighted by Crippen LogP contribution is -2.35. The molecule has 0 spiro atoms. The molecule has 1 amide bonds. The van der Waals surface area contributed by atoms with Crippen molar-refractivity contribution in [3.05, 3.63) is 26.6 Å². The highest BCUT2D eigenvalue weighted by molar-refractivity contribution is 9.11. The first-order chi connectivity index (χ1) is 9.49. The van der Waals surface area contributed by atoms with Crippen LogP contribution in [0.2, 0.25) is 0 Å². The fraction of sp³-hybridized carbons (Fsp3) is 0.500. The maximum absolute atomic E-state index is 11.7. The quantitative estimate of drug-likeness (QED) is 0.754. The number of halogens is 2. The molecule has 0 aliphatic heterocycles. The Labute approximate surface area is 137 Å². The highest BCUT2D eigenvalue weighted by Crippen LogP contribution is 2.32. The molecule has 1 N–H and O–H groups in total. The first kappa shape index (κ1) is 17.5. The van der Waals surface area contributed by atoms with E-state index >= 15 is 0 Å². The normalized spacial score (nSPS) is 10.4. The third-order valence-electron chi connectivity index (χ3n) is 2.87. The van der Waals surface area contributed by atoms with E-state index in [4.69, 9.17) is 4.74 Å². The Morgan fingerprint density at radius 3 is 2.65 bits per heavy atom. The van der Waals surface area contributed by atoms with Gasteiger partial charge >= 0.3 is 0 Å². The van der Waals surface area contributed by atoms with Gasteiger partial charge in [0, 0.05) is 30.2 Å². The zero-order chi connectivity index (χ0) is 15.1. The minimum atomic E-state index is 0.0829. The fourth-order valence-electron chi connectivity index (χ4n) is 1.67. The van der Waals surface area contributed by atoms with Crippen LogP contribution in [0.25, 0.3) is 0 Å². The molecular weight excluding hydrogens is 388 g/mol. The van der Waals surface area contributed by atoms with Gasteiger partial charge in [0.05, 0.1) is 17.6 Å². The van der Waals surface area contributed by atoms with Crippen molar-refractivity contribution < 1.29 is 9.53 Å². The maximum Gasteiger partial charge on any atom is 0.236 e. The number of likely N-dealkylation sites (N-methyl/N-ethyl adjacent to an activating group) is 1. The summed E-state index contributed by atoms with van der Waals surface area (Å²) in [5.74, 6) is 0.902. The summed E-state index contributed by atoms with van der Waals surface area (Å²) in [5.41, 5.74) is 1.01. The van der Waals surface area contributed by atoms with Gasteiger partial charge in [-0.3, -0.25) is 4.79 Å². The number of carbonyl (C=O) groups is 1. The van der Waals surface area contributed by atoms with Crippen LogP contribution in [0, 0.1) is 0 Å². The van der Waals surface area contributed by atoms with Crippen molar-refractivity contribution in [1.29, 1.82) is 0 Å². The van der Waals surface area contributed by atoms with Gasteiger partial charge in [-0.2, -0.15) is 0 Å². The molecule has 1 aromatic rings. The van der Waals surface area contributed by atoms with E-state index in [0.29, 0.717) is 26.2 Å². The van der Waals surface area contributed by atoms with Gasteiger partial charge in [0.1, 0.15) is 5.75 Å². The molecule has 0 bridgehead atoms. The van der Waals surface area contributed by atoms with Crippen LogP contribution < -0.4 is 10.1 Å². The minimum absolute atomic E-state index is 0.0829. The van der Waals surface area contributed by atoms with Crippen LogP contribution in [-0.2, 0) is 11.3 Å². The van der Waals surface area contributed by atoms with Crippen LogP contribution >= 0.6 is 31.9 Å². The number of hydrogen-bond donors (Lipinski definition) is 1. The third-order valence-corrected chi connectivity index (χ3v) is 3.91. The minimum Gasteiger partial charge on any atom is -0.492 e. The number of nitrogens with one attached hydrogen (secondary N) is 1. The fourth-order valence-corrected chi connectivity index (χ4v) is 3.09. The van der Waals surface area contributed by atoms with Crippen LogP contribution in [0.3, 0.4) is 0 Å². The standard InChI is InChI=1S/C14H20Br2N2O2/c1-4-18(3)13(19)9-17-8-10-6-11(15)7-12(16)14(10)20-5-2/h6-7,17H,4-5,8-9H2,1-3H3. The van der Waals surface area contributed by atoms with Crippen molar-refractivity contribution in [3.8, 4) is 5.75 Å². The number of ether oxygens (including phenoxy) is 1. The van der Waals surface area contributed by atoms with Crippen LogP contribution in [0.1, 0.15) is 19.4 Å². The molecule has 112 valence electrons. The van der Waals surface area contributed by atoms with Crippen molar-refractivity contribution >= 4 is 37.8 Å². The summed E-state index contributed by atoms with van der Waals surface area (Å²) in [7, 11) is 1.80. The Bertz CT molecular complexity index is 467. The predicted molar refractivity (Wildman–Crippen MR) is 88.0 cm³/mol. The second-order valence-corrected chi connectivity index (χ2v) is 6.09. The van der Waals surface area contributed by atoms with Gasteiger partial charge in [-0.1, -0.05) is 15.9 Å². The Kier molecular flexibility index (Phi) is 7.55. The van der Waals surface area contributed by atoms with Crippen molar-refractivity contribution in [2.75, 3.05) is 26.7 Å². The summed E-state index contributed by atoms with van der Waals surface area (Å²) in [5, 5.41) is 3.16. The highest BCUT2D eigenvalue weighted by Gasteiger charge is 2.11. The van der Waals surface area contributed by atoms with E-state index < -0.39 is 0 Å². The van der Waals surface area contributed by atoms with Gasteiger partial charge in [0.15, 0.2) is 0 Å². The largest absolute Gasteiger partial charge is 0.492 e. The van der Waals surface area contributed by atoms with Gasteiger partial charge < -0.3 is 15.0 Å². The molecule has 0 aliphatic rings. The summed E-state index contributed by atoms with van der Waals surface area (Å²) in [6.07, 6.45) is 0. The molecule has 4 nitrogen and oxygen atoms in total. The second-order valence-electron chi connectivity index (χ2n) is 4.32. The molecule has 0 unspecified atom stereocenters. The van der Waals surface area contributed by atoms with E-state index in [1.165, 1.54) is 0 Å². The lowest BCUT2D eigenvalue weighted by molar-refractivity contribution is -0.128. The SMILES string of the molecule is CCOc1c(Br)cc(Br)cc1CNCC(=O)N(C)CC. The predicted octanol–water partition coefficient (Wildman–Crippen LogP) is 3.18. The number of benzene rings is 1. The molecule has 0 atom stereocenters. The molecule has 0 fully saturated rings. The van der Waals surface area contributed by atoms with E-state index in [0.717, 1.165) is 20.3 Å². The molecule has 20 heavy (non-hydrogen) atoms. The maximum atomic E-state index is 11.7. The molecule has 0 saturated carbocycles. The lowest BCUT2D eigenvalue weighted by Gasteiger charge is -2.16.